The third-order valence-electron chi connectivity index (χ3n) is 0.699. The minimum Gasteiger partial charge on any atom is -0.466 e. The van der Waals surface area contributed by atoms with Crippen molar-refractivity contribution >= 4 is 11.8 Å². The molecule has 0 fully saturated rings. The van der Waals surface area contributed by atoms with E-state index in [-0.39, 0.29) is 29.6 Å². The van der Waals surface area contributed by atoms with Crippen molar-refractivity contribution in [3.63, 3.8) is 0 Å². The van der Waals surface area contributed by atoms with Gasteiger partial charge in [-0.15, -0.1) is 0 Å². The maximum absolute atomic E-state index is 10.4. The average Bonchev–Trinajstić information content (AvgIpc) is 1.63. The minimum absolute atomic E-state index is 0. The number of esters is 1. The van der Waals surface area contributed by atoms with E-state index in [0.717, 1.165) is 0 Å². The van der Waals surface area contributed by atoms with Crippen LogP contribution in [0.15, 0.2) is 0 Å². The Balaban J connectivity index is 0. The summed E-state index contributed by atoms with van der Waals surface area (Å²) < 4.78 is 4.49. The molecule has 0 heterocycles. The molecule has 0 amide bonds. The van der Waals surface area contributed by atoms with E-state index in [9.17, 15) is 9.59 Å². The van der Waals surface area contributed by atoms with Crippen molar-refractivity contribution in [3.8, 4) is 0 Å². The first-order chi connectivity index (χ1) is 4.16. The molecule has 0 aromatic rings. The van der Waals surface area contributed by atoms with Crippen molar-refractivity contribution in [1.29, 1.82) is 0 Å². The number of carbonyl (C=O) groups is 2. The van der Waals surface area contributed by atoms with Crippen molar-refractivity contribution in [2.45, 2.75) is 20.3 Å². The molecule has 0 aromatic heterocycles. The Morgan fingerprint density at radius 3 is 2.20 bits per heavy atom. The van der Waals surface area contributed by atoms with Gasteiger partial charge in [0.1, 0.15) is 12.2 Å². The topological polar surface area (TPSA) is 43.4 Å². The van der Waals surface area contributed by atoms with E-state index in [0.29, 0.717) is 6.61 Å². The van der Waals surface area contributed by atoms with E-state index in [2.05, 4.69) is 4.74 Å². The molecule has 0 atom stereocenters. The van der Waals surface area contributed by atoms with E-state index in [1.165, 1.54) is 6.92 Å². The molecular weight excluding hydrogens is 172 g/mol. The van der Waals surface area contributed by atoms with Gasteiger partial charge in [0.25, 0.3) is 0 Å². The quantitative estimate of drug-likeness (QED) is 0.472. The standard InChI is InChI=1S/C6H10O3.Cr/c1-3-9-6(8)4-5(2)7;/h3-4H2,1-2H3;. The normalized spacial score (nSPS) is 7.80. The maximum Gasteiger partial charge on any atom is 0.313 e. The van der Waals surface area contributed by atoms with E-state index in [1.54, 1.807) is 6.92 Å². The van der Waals surface area contributed by atoms with Gasteiger partial charge in [0.05, 0.1) is 6.61 Å². The molecule has 0 radical (unpaired) electrons. The number of carbonyl (C=O) groups excluding carboxylic acids is 2. The van der Waals surface area contributed by atoms with E-state index in [4.69, 9.17) is 0 Å². The molecule has 10 heavy (non-hydrogen) atoms. The van der Waals surface area contributed by atoms with Crippen LogP contribution >= 0.6 is 0 Å². The van der Waals surface area contributed by atoms with Crippen LogP contribution in [0.25, 0.3) is 0 Å². The van der Waals surface area contributed by atoms with Crippen molar-refractivity contribution in [3.05, 3.63) is 0 Å². The Bertz CT molecular complexity index is 122. The van der Waals surface area contributed by atoms with Gasteiger partial charge >= 0.3 is 5.97 Å². The molecule has 4 heteroatoms. The van der Waals surface area contributed by atoms with Crippen LogP contribution in [-0.2, 0) is 31.7 Å². The number of hydrogen-bond donors (Lipinski definition) is 0. The Kier molecular flexibility index (Phi) is 8.39. The summed E-state index contributed by atoms with van der Waals surface area (Å²) in [4.78, 5) is 20.6. The first-order valence-corrected chi connectivity index (χ1v) is 2.82. The molecule has 0 N–H and O–H groups in total. The fourth-order valence-electron chi connectivity index (χ4n) is 0.415. The Morgan fingerprint density at radius 2 is 1.90 bits per heavy atom. The van der Waals surface area contributed by atoms with Crippen LogP contribution in [0.2, 0.25) is 0 Å². The summed E-state index contributed by atoms with van der Waals surface area (Å²) in [7, 11) is 0. The Morgan fingerprint density at radius 1 is 1.40 bits per heavy atom. The zero-order valence-corrected chi connectivity index (χ0v) is 7.32. The summed E-state index contributed by atoms with van der Waals surface area (Å²) in [5.41, 5.74) is 0. The van der Waals surface area contributed by atoms with Crippen LogP contribution in [0, 0.1) is 0 Å². The van der Waals surface area contributed by atoms with E-state index in [1.807, 2.05) is 0 Å². The molecule has 3 nitrogen and oxygen atoms in total. The predicted octanol–water partition coefficient (Wildman–Crippen LogP) is 0.526. The minimum atomic E-state index is -0.440. The fraction of sp³-hybridized carbons (Fsp3) is 0.667. The third kappa shape index (κ3) is 7.67. The van der Waals surface area contributed by atoms with Crippen LogP contribution in [0.1, 0.15) is 20.3 Å². The van der Waals surface area contributed by atoms with Gasteiger partial charge in [0, 0.05) is 17.4 Å². The van der Waals surface area contributed by atoms with Gasteiger partial charge < -0.3 is 4.74 Å². The predicted molar refractivity (Wildman–Crippen MR) is 31.9 cm³/mol. The first-order valence-electron chi connectivity index (χ1n) is 2.82. The number of ketones is 1. The van der Waals surface area contributed by atoms with Crippen LogP contribution in [0.3, 0.4) is 0 Å². The summed E-state index contributed by atoms with van der Waals surface area (Å²) in [6, 6.07) is 0. The van der Waals surface area contributed by atoms with Crippen molar-refractivity contribution < 1.29 is 31.7 Å². The first kappa shape index (κ1) is 12.4. The van der Waals surface area contributed by atoms with Crippen LogP contribution < -0.4 is 0 Å². The summed E-state index contributed by atoms with van der Waals surface area (Å²) in [6.07, 6.45) is -0.103. The van der Waals surface area contributed by atoms with Gasteiger partial charge in [-0.1, -0.05) is 0 Å². The van der Waals surface area contributed by atoms with Gasteiger partial charge in [0.15, 0.2) is 0 Å². The molecule has 0 aliphatic rings. The smallest absolute Gasteiger partial charge is 0.313 e. The van der Waals surface area contributed by atoms with Crippen LogP contribution in [0.4, 0.5) is 0 Å². The monoisotopic (exact) mass is 182 g/mol. The number of hydrogen-bond acceptors (Lipinski definition) is 3. The maximum atomic E-state index is 10.4. The van der Waals surface area contributed by atoms with Crippen LogP contribution in [-0.4, -0.2) is 18.4 Å². The molecule has 0 aromatic carbocycles. The fourth-order valence-corrected chi connectivity index (χ4v) is 0.415. The third-order valence-corrected chi connectivity index (χ3v) is 0.699. The molecule has 0 saturated carbocycles. The molecule has 0 saturated heterocycles. The second kappa shape index (κ2) is 6.79. The van der Waals surface area contributed by atoms with Crippen molar-refractivity contribution in [1.82, 2.24) is 0 Å². The summed E-state index contributed by atoms with van der Waals surface area (Å²) in [6.45, 7) is 3.40. The molecule has 0 rings (SSSR count). The molecule has 0 aliphatic carbocycles. The largest absolute Gasteiger partial charge is 0.466 e. The van der Waals surface area contributed by atoms with E-state index >= 15 is 0 Å². The van der Waals surface area contributed by atoms with Gasteiger partial charge in [0.2, 0.25) is 0 Å². The second-order valence-corrected chi connectivity index (χ2v) is 1.68. The Hall–Kier alpha value is -0.328. The summed E-state index contributed by atoms with van der Waals surface area (Å²) >= 11 is 0. The average molecular weight is 182 g/mol. The van der Waals surface area contributed by atoms with Crippen LogP contribution in [0.5, 0.6) is 0 Å². The van der Waals surface area contributed by atoms with Gasteiger partial charge in [-0.25, -0.2) is 0 Å². The molecule has 0 aliphatic heterocycles. The zero-order valence-electron chi connectivity index (χ0n) is 6.05. The molecule has 58 valence electrons. The summed E-state index contributed by atoms with van der Waals surface area (Å²) in [5, 5.41) is 0. The van der Waals surface area contributed by atoms with Gasteiger partial charge in [-0.2, -0.15) is 0 Å². The number of Topliss-reactive ketones (excluding diaryl/α,β-unsaturated/α-hetero) is 1. The number of ether oxygens (including phenoxy) is 1. The molecular formula is C6H10CrO3. The van der Waals surface area contributed by atoms with Crippen molar-refractivity contribution in [2.75, 3.05) is 6.61 Å². The molecule has 0 bridgehead atoms. The van der Waals surface area contributed by atoms with Gasteiger partial charge in [-0.05, 0) is 13.8 Å². The zero-order chi connectivity index (χ0) is 7.28. The second-order valence-electron chi connectivity index (χ2n) is 1.68. The Labute approximate surface area is 70.9 Å². The molecule has 0 spiro atoms. The number of rotatable bonds is 3. The SMILES string of the molecule is CCOC(=O)CC(C)=O.[Cr]. The van der Waals surface area contributed by atoms with E-state index < -0.39 is 5.97 Å². The summed E-state index contributed by atoms with van der Waals surface area (Å²) in [5.74, 6) is -0.599. The van der Waals surface area contributed by atoms with Crippen molar-refractivity contribution in [2.24, 2.45) is 0 Å². The molecule has 0 unspecified atom stereocenters. The van der Waals surface area contributed by atoms with Gasteiger partial charge in [-0.3, -0.25) is 9.59 Å².